The predicted molar refractivity (Wildman–Crippen MR) is 117 cm³/mol. The van der Waals surface area contributed by atoms with Crippen LogP contribution in [0.1, 0.15) is 45.6 Å². The van der Waals surface area contributed by atoms with Crippen LogP contribution >= 0.6 is 11.9 Å². The van der Waals surface area contributed by atoms with Crippen LogP contribution in [0.15, 0.2) is 29.4 Å². The summed E-state index contributed by atoms with van der Waals surface area (Å²) in [5.41, 5.74) is 1.01. The number of nitrogens with zero attached hydrogens (tertiary/aromatic N) is 2. The molecular weight excluding hydrogens is 404 g/mol. The van der Waals surface area contributed by atoms with Crippen molar-refractivity contribution in [1.82, 2.24) is 20.1 Å². The van der Waals surface area contributed by atoms with Gasteiger partial charge in [0.2, 0.25) is 11.8 Å². The van der Waals surface area contributed by atoms with Crippen LogP contribution in [0.25, 0.3) is 0 Å². The van der Waals surface area contributed by atoms with E-state index in [9.17, 15) is 9.59 Å². The summed E-state index contributed by atoms with van der Waals surface area (Å²) >= 11 is 1.35. The van der Waals surface area contributed by atoms with Crippen LogP contribution in [0, 0.1) is 0 Å². The predicted octanol–water partition coefficient (Wildman–Crippen LogP) is 2.59. The molecule has 164 valence electrons. The number of hydrogen-bond acceptors (Lipinski definition) is 7. The third kappa shape index (κ3) is 5.40. The van der Waals surface area contributed by atoms with Crippen molar-refractivity contribution in [2.75, 3.05) is 20.2 Å². The molecule has 0 bridgehead atoms. The molecule has 30 heavy (non-hydrogen) atoms. The molecule has 1 atom stereocenters. The highest BCUT2D eigenvalue weighted by Crippen LogP contribution is 2.35. The minimum absolute atomic E-state index is 0.0171. The van der Waals surface area contributed by atoms with Crippen molar-refractivity contribution in [1.29, 1.82) is 0 Å². The molecule has 0 aliphatic carbocycles. The normalized spacial score (nSPS) is 19.0. The Morgan fingerprint density at radius 1 is 1.30 bits per heavy atom. The maximum absolute atomic E-state index is 12.5. The molecule has 0 spiro atoms. The molecule has 3 rings (SSSR count). The number of hydrazine groups is 1. The lowest BCUT2D eigenvalue weighted by Crippen LogP contribution is -2.37. The molecule has 1 aromatic rings. The lowest BCUT2D eigenvalue weighted by Gasteiger charge is -2.18. The van der Waals surface area contributed by atoms with Gasteiger partial charge < -0.3 is 24.7 Å². The maximum Gasteiger partial charge on any atom is 0.244 e. The minimum Gasteiger partial charge on any atom is -0.493 e. The van der Waals surface area contributed by atoms with Crippen molar-refractivity contribution in [2.24, 2.45) is 0 Å². The van der Waals surface area contributed by atoms with Crippen molar-refractivity contribution in [3.05, 3.63) is 35.0 Å². The number of likely N-dealkylation sites (tertiary alicyclic amines) is 1. The molecule has 1 fully saturated rings. The summed E-state index contributed by atoms with van der Waals surface area (Å²) in [4.78, 5) is 29.7. The Bertz CT molecular complexity index is 827. The first kappa shape index (κ1) is 22.3. The van der Waals surface area contributed by atoms with E-state index in [1.54, 1.807) is 12.0 Å². The third-order valence-electron chi connectivity index (χ3n) is 4.91. The number of nitrogens with one attached hydrogen (secondary N) is 2. The number of rotatable bonds is 8. The van der Waals surface area contributed by atoms with Gasteiger partial charge in [-0.2, -0.15) is 4.83 Å². The molecular formula is C21H30N4O4S. The van der Waals surface area contributed by atoms with Crippen LogP contribution in [0.5, 0.6) is 11.5 Å². The summed E-state index contributed by atoms with van der Waals surface area (Å²) in [6.07, 6.45) is 2.25. The van der Waals surface area contributed by atoms with Crippen molar-refractivity contribution < 1.29 is 19.1 Å². The van der Waals surface area contributed by atoms with E-state index >= 15 is 0 Å². The molecule has 8 nitrogen and oxygen atoms in total. The molecule has 2 heterocycles. The topological polar surface area (TPSA) is 83.1 Å². The highest BCUT2D eigenvalue weighted by Gasteiger charge is 2.32. The molecule has 9 heteroatoms. The van der Waals surface area contributed by atoms with E-state index < -0.39 is 0 Å². The average Bonchev–Trinajstić information content (AvgIpc) is 3.28. The van der Waals surface area contributed by atoms with Gasteiger partial charge in [-0.3, -0.25) is 9.59 Å². The zero-order valence-electron chi connectivity index (χ0n) is 18.1. The largest absolute Gasteiger partial charge is 0.493 e. The fourth-order valence-electron chi connectivity index (χ4n) is 3.38. The van der Waals surface area contributed by atoms with Crippen molar-refractivity contribution in [3.63, 3.8) is 0 Å². The summed E-state index contributed by atoms with van der Waals surface area (Å²) in [6, 6.07) is 6.04. The van der Waals surface area contributed by atoms with E-state index in [0.29, 0.717) is 24.5 Å². The Morgan fingerprint density at radius 2 is 2.07 bits per heavy atom. The number of ether oxygens (including phenoxy) is 2. The quantitative estimate of drug-likeness (QED) is 0.609. The van der Waals surface area contributed by atoms with E-state index in [2.05, 4.69) is 24.0 Å². The molecule has 1 aromatic carbocycles. The van der Waals surface area contributed by atoms with E-state index in [-0.39, 0.29) is 36.4 Å². The van der Waals surface area contributed by atoms with Gasteiger partial charge in [-0.1, -0.05) is 6.07 Å². The minimum atomic E-state index is -0.200. The zero-order chi connectivity index (χ0) is 21.8. The Labute approximate surface area is 182 Å². The first-order valence-electron chi connectivity index (χ1n) is 10.1. The number of carbonyl (C=O) groups is 2. The smallest absolute Gasteiger partial charge is 0.244 e. The summed E-state index contributed by atoms with van der Waals surface area (Å²) in [7, 11) is 1.61. The van der Waals surface area contributed by atoms with E-state index in [1.807, 2.05) is 43.3 Å². The second kappa shape index (κ2) is 9.61. The number of hydrogen-bond donors (Lipinski definition) is 2. The summed E-state index contributed by atoms with van der Waals surface area (Å²) in [5.74, 6) is 1.13. The SMILES string of the molecule is COc1ccc([C@@H]2CC(=O)N(CC(=O)NC3=CN(C(C)C)NS3)C2)cc1OC(C)C. The van der Waals surface area contributed by atoms with E-state index in [4.69, 9.17) is 9.47 Å². The first-order valence-corrected chi connectivity index (χ1v) is 10.9. The van der Waals surface area contributed by atoms with Crippen LogP contribution in [0.3, 0.4) is 0 Å². The molecule has 0 aromatic heterocycles. The van der Waals surface area contributed by atoms with Crippen LogP contribution in [-0.2, 0) is 9.59 Å². The molecule has 2 N–H and O–H groups in total. The zero-order valence-corrected chi connectivity index (χ0v) is 18.9. The molecule has 1 saturated heterocycles. The second-order valence-electron chi connectivity index (χ2n) is 7.99. The Hall–Kier alpha value is -2.39. The number of benzene rings is 1. The monoisotopic (exact) mass is 434 g/mol. The second-order valence-corrected chi connectivity index (χ2v) is 8.81. The molecule has 2 aliphatic heterocycles. The van der Waals surface area contributed by atoms with Gasteiger partial charge in [0.25, 0.3) is 0 Å². The molecule has 2 amide bonds. The average molecular weight is 435 g/mol. The fraction of sp³-hybridized carbons (Fsp3) is 0.524. The van der Waals surface area contributed by atoms with Crippen LogP contribution in [0.2, 0.25) is 0 Å². The van der Waals surface area contributed by atoms with Crippen molar-refractivity contribution in [3.8, 4) is 11.5 Å². The van der Waals surface area contributed by atoms with Gasteiger partial charge in [0, 0.05) is 31.1 Å². The highest BCUT2D eigenvalue weighted by atomic mass is 32.2. The lowest BCUT2D eigenvalue weighted by molar-refractivity contribution is -0.132. The van der Waals surface area contributed by atoms with Crippen molar-refractivity contribution >= 4 is 23.8 Å². The van der Waals surface area contributed by atoms with Crippen LogP contribution < -0.4 is 19.6 Å². The third-order valence-corrected chi connectivity index (χ3v) is 5.64. The maximum atomic E-state index is 12.5. The highest BCUT2D eigenvalue weighted by molar-refractivity contribution is 8.01. The van der Waals surface area contributed by atoms with Crippen LogP contribution in [0.4, 0.5) is 0 Å². The van der Waals surface area contributed by atoms with Gasteiger partial charge in [-0.05, 0) is 57.3 Å². The van der Waals surface area contributed by atoms with Crippen molar-refractivity contribution in [2.45, 2.75) is 52.2 Å². The standard InChI is InChI=1S/C21H30N4O4S/c1-13(2)25-12-20(30-23-25)22-19(26)11-24-10-16(9-21(24)27)15-6-7-17(28-5)18(8-15)29-14(3)4/h6-8,12-14,16,23H,9-11H2,1-5H3,(H,22,26)/t16-/m1/s1. The molecule has 0 saturated carbocycles. The number of carbonyl (C=O) groups excluding carboxylic acids is 2. The van der Waals surface area contributed by atoms with E-state index in [0.717, 1.165) is 10.6 Å². The molecule has 0 radical (unpaired) electrons. The Kier molecular flexibility index (Phi) is 7.14. The summed E-state index contributed by atoms with van der Waals surface area (Å²) in [5, 5.41) is 5.50. The van der Waals surface area contributed by atoms with Gasteiger partial charge >= 0.3 is 0 Å². The van der Waals surface area contributed by atoms with Gasteiger partial charge in [0.15, 0.2) is 11.5 Å². The Balaban J connectivity index is 1.61. The Morgan fingerprint density at radius 3 is 2.70 bits per heavy atom. The lowest BCUT2D eigenvalue weighted by atomic mass is 9.98. The fourth-order valence-corrected chi connectivity index (χ4v) is 4.18. The molecule has 2 aliphatic rings. The van der Waals surface area contributed by atoms with Gasteiger partial charge in [0.05, 0.1) is 19.8 Å². The van der Waals surface area contributed by atoms with E-state index in [1.165, 1.54) is 11.9 Å². The summed E-state index contributed by atoms with van der Waals surface area (Å²) < 4.78 is 11.2. The number of methoxy groups -OCH3 is 1. The first-order chi connectivity index (χ1) is 14.3. The van der Waals surface area contributed by atoms with Gasteiger partial charge in [-0.15, -0.1) is 0 Å². The molecule has 0 unspecified atom stereocenters. The van der Waals surface area contributed by atoms with Gasteiger partial charge in [0.1, 0.15) is 5.03 Å². The number of amides is 2. The van der Waals surface area contributed by atoms with Crippen LogP contribution in [-0.4, -0.2) is 54.1 Å². The van der Waals surface area contributed by atoms with Gasteiger partial charge in [-0.25, -0.2) is 0 Å². The summed E-state index contributed by atoms with van der Waals surface area (Å²) in [6.45, 7) is 8.56.